The zero-order valence-corrected chi connectivity index (χ0v) is 15.2. The van der Waals surface area contributed by atoms with Gasteiger partial charge in [0.2, 0.25) is 5.91 Å². The fourth-order valence-electron chi connectivity index (χ4n) is 2.65. The minimum Gasteiger partial charge on any atom is -0.336 e. The molecule has 1 aliphatic heterocycles. The van der Waals surface area contributed by atoms with Crippen molar-refractivity contribution in [1.82, 2.24) is 14.8 Å². The van der Waals surface area contributed by atoms with E-state index in [0.717, 1.165) is 10.0 Å². The number of pyridine rings is 1. The van der Waals surface area contributed by atoms with E-state index in [1.807, 2.05) is 30.3 Å². The average Bonchev–Trinajstić information content (AvgIpc) is 2.67. The summed E-state index contributed by atoms with van der Waals surface area (Å²) in [5, 5.41) is 0. The number of carbonyl (C=O) groups excluding carboxylic acids is 2. The van der Waals surface area contributed by atoms with Gasteiger partial charge in [0.25, 0.3) is 5.91 Å². The third-order valence-corrected chi connectivity index (χ3v) is 4.60. The van der Waals surface area contributed by atoms with Gasteiger partial charge in [-0.15, -0.1) is 0 Å². The monoisotopic (exact) mass is 399 g/mol. The molecule has 1 saturated heterocycles. The Morgan fingerprint density at radius 3 is 2.32 bits per heavy atom. The van der Waals surface area contributed by atoms with Crippen molar-refractivity contribution in [1.29, 1.82) is 0 Å². The summed E-state index contributed by atoms with van der Waals surface area (Å²) in [5.74, 6) is -0.0676. The van der Waals surface area contributed by atoms with E-state index in [4.69, 9.17) is 0 Å². The van der Waals surface area contributed by atoms with Gasteiger partial charge in [0.15, 0.2) is 0 Å². The first kappa shape index (κ1) is 17.4. The lowest BCUT2D eigenvalue weighted by Gasteiger charge is -2.34. The molecule has 0 N–H and O–H groups in total. The fraction of sp³-hybridized carbons (Fsp3) is 0.211. The van der Waals surface area contributed by atoms with Gasteiger partial charge in [0.05, 0.1) is 5.56 Å². The van der Waals surface area contributed by atoms with Crippen LogP contribution in [0.1, 0.15) is 15.9 Å². The van der Waals surface area contributed by atoms with Crippen molar-refractivity contribution < 1.29 is 9.59 Å². The van der Waals surface area contributed by atoms with Crippen LogP contribution in [0.5, 0.6) is 0 Å². The topological polar surface area (TPSA) is 53.5 Å². The molecule has 0 unspecified atom stereocenters. The first-order valence-corrected chi connectivity index (χ1v) is 8.84. The maximum Gasteiger partial charge on any atom is 0.255 e. The summed E-state index contributed by atoms with van der Waals surface area (Å²) < 4.78 is 1.00. The smallest absolute Gasteiger partial charge is 0.255 e. The zero-order valence-electron chi connectivity index (χ0n) is 13.6. The lowest BCUT2D eigenvalue weighted by molar-refractivity contribution is -0.127. The third kappa shape index (κ3) is 4.54. The Morgan fingerprint density at radius 2 is 1.68 bits per heavy atom. The Kier molecular flexibility index (Phi) is 5.60. The van der Waals surface area contributed by atoms with Crippen LogP contribution in [-0.4, -0.2) is 52.8 Å². The molecule has 2 amide bonds. The second-order valence-electron chi connectivity index (χ2n) is 5.74. The maximum absolute atomic E-state index is 12.4. The van der Waals surface area contributed by atoms with Gasteiger partial charge in [-0.05, 0) is 35.9 Å². The highest BCUT2D eigenvalue weighted by Gasteiger charge is 2.23. The Bertz CT molecular complexity index is 767. The predicted octanol–water partition coefficient (Wildman–Crippen LogP) is 2.84. The molecule has 6 heteroatoms. The molecule has 5 nitrogen and oxygen atoms in total. The number of amides is 2. The van der Waals surface area contributed by atoms with Gasteiger partial charge in [-0.3, -0.25) is 14.6 Å². The molecule has 0 saturated carbocycles. The number of aromatic nitrogens is 1. The van der Waals surface area contributed by atoms with Crippen molar-refractivity contribution in [3.63, 3.8) is 0 Å². The second kappa shape index (κ2) is 8.07. The molecule has 0 aliphatic carbocycles. The largest absolute Gasteiger partial charge is 0.336 e. The Hall–Kier alpha value is -2.47. The first-order chi connectivity index (χ1) is 12.1. The van der Waals surface area contributed by atoms with Gasteiger partial charge >= 0.3 is 0 Å². The van der Waals surface area contributed by atoms with Crippen LogP contribution in [0.4, 0.5) is 0 Å². The summed E-state index contributed by atoms with van der Waals surface area (Å²) in [7, 11) is 0. The van der Waals surface area contributed by atoms with E-state index in [0.29, 0.717) is 31.7 Å². The summed E-state index contributed by atoms with van der Waals surface area (Å²) in [5.41, 5.74) is 1.55. The van der Waals surface area contributed by atoms with Crippen LogP contribution in [0.15, 0.2) is 59.3 Å². The van der Waals surface area contributed by atoms with Crippen LogP contribution >= 0.6 is 15.9 Å². The summed E-state index contributed by atoms with van der Waals surface area (Å²) in [6.07, 6.45) is 6.61. The van der Waals surface area contributed by atoms with Gasteiger partial charge < -0.3 is 9.80 Å². The molecule has 0 bridgehead atoms. The number of rotatable bonds is 3. The molecule has 25 heavy (non-hydrogen) atoms. The number of hydrogen-bond acceptors (Lipinski definition) is 3. The highest BCUT2D eigenvalue weighted by molar-refractivity contribution is 9.10. The molecule has 1 fully saturated rings. The molecule has 128 valence electrons. The lowest BCUT2D eigenvalue weighted by atomic mass is 10.2. The van der Waals surface area contributed by atoms with Crippen molar-refractivity contribution in [2.45, 2.75) is 0 Å². The van der Waals surface area contributed by atoms with E-state index in [-0.39, 0.29) is 11.8 Å². The van der Waals surface area contributed by atoms with Gasteiger partial charge in [0, 0.05) is 49.1 Å². The number of carbonyl (C=O) groups is 2. The summed E-state index contributed by atoms with van der Waals surface area (Å²) in [6, 6.07) is 11.3. The molecule has 0 atom stereocenters. The SMILES string of the molecule is O=C(/C=C/c1ccc(Br)cc1)N1CCN(C(=O)c2cccnc2)CC1. The summed E-state index contributed by atoms with van der Waals surface area (Å²) >= 11 is 3.39. The summed E-state index contributed by atoms with van der Waals surface area (Å²) in [4.78, 5) is 32.2. The molecule has 3 rings (SSSR count). The van der Waals surface area contributed by atoms with Gasteiger partial charge in [-0.1, -0.05) is 28.1 Å². The van der Waals surface area contributed by atoms with Crippen LogP contribution in [0, 0.1) is 0 Å². The van der Waals surface area contributed by atoms with Gasteiger partial charge in [-0.25, -0.2) is 0 Å². The van der Waals surface area contributed by atoms with Crippen LogP contribution in [-0.2, 0) is 4.79 Å². The number of piperazine rings is 1. The van der Waals surface area contributed by atoms with Crippen LogP contribution < -0.4 is 0 Å². The van der Waals surface area contributed by atoms with Crippen LogP contribution in [0.2, 0.25) is 0 Å². The lowest BCUT2D eigenvalue weighted by Crippen LogP contribution is -2.50. The normalized spacial score (nSPS) is 14.8. The number of benzene rings is 1. The fourth-order valence-corrected chi connectivity index (χ4v) is 2.91. The van der Waals surface area contributed by atoms with Crippen molar-refractivity contribution in [3.05, 3.63) is 70.5 Å². The molecular formula is C19H18BrN3O2. The minimum absolute atomic E-state index is 0.0311. The van der Waals surface area contributed by atoms with Crippen molar-refractivity contribution in [3.8, 4) is 0 Å². The third-order valence-electron chi connectivity index (χ3n) is 4.08. The van der Waals surface area contributed by atoms with Gasteiger partial charge in [0.1, 0.15) is 0 Å². The molecule has 0 radical (unpaired) electrons. The molecule has 1 aromatic heterocycles. The maximum atomic E-state index is 12.4. The predicted molar refractivity (Wildman–Crippen MR) is 99.9 cm³/mol. The second-order valence-corrected chi connectivity index (χ2v) is 6.66. The van der Waals surface area contributed by atoms with E-state index >= 15 is 0 Å². The van der Waals surface area contributed by atoms with E-state index in [1.54, 1.807) is 40.4 Å². The van der Waals surface area contributed by atoms with Crippen LogP contribution in [0.3, 0.4) is 0 Å². The van der Waals surface area contributed by atoms with E-state index in [9.17, 15) is 9.59 Å². The zero-order chi connectivity index (χ0) is 17.6. The first-order valence-electron chi connectivity index (χ1n) is 8.05. The molecule has 1 aromatic carbocycles. The summed E-state index contributed by atoms with van der Waals surface area (Å²) in [6.45, 7) is 2.14. The van der Waals surface area contributed by atoms with Crippen molar-refractivity contribution in [2.24, 2.45) is 0 Å². The van der Waals surface area contributed by atoms with Crippen LogP contribution in [0.25, 0.3) is 6.08 Å². The molecule has 2 heterocycles. The quantitative estimate of drug-likeness (QED) is 0.745. The van der Waals surface area contributed by atoms with E-state index in [2.05, 4.69) is 20.9 Å². The van der Waals surface area contributed by atoms with Crippen molar-refractivity contribution in [2.75, 3.05) is 26.2 Å². The van der Waals surface area contributed by atoms with E-state index in [1.165, 1.54) is 0 Å². The molecular weight excluding hydrogens is 382 g/mol. The highest BCUT2D eigenvalue weighted by Crippen LogP contribution is 2.12. The molecule has 1 aliphatic rings. The van der Waals surface area contributed by atoms with Gasteiger partial charge in [-0.2, -0.15) is 0 Å². The standard InChI is InChI=1S/C19H18BrN3O2/c20-17-6-3-15(4-7-17)5-8-18(24)22-10-12-23(13-11-22)19(25)16-2-1-9-21-14-16/h1-9,14H,10-13H2/b8-5+. The highest BCUT2D eigenvalue weighted by atomic mass is 79.9. The molecule has 2 aromatic rings. The average molecular weight is 400 g/mol. The number of hydrogen-bond donors (Lipinski definition) is 0. The number of halogens is 1. The minimum atomic E-state index is -0.0365. The van der Waals surface area contributed by atoms with E-state index < -0.39 is 0 Å². The Balaban J connectivity index is 1.54. The molecule has 0 spiro atoms. The Morgan fingerprint density at radius 1 is 1.00 bits per heavy atom. The Labute approximate surface area is 155 Å². The van der Waals surface area contributed by atoms with Crippen molar-refractivity contribution >= 4 is 33.8 Å². The number of nitrogens with zero attached hydrogens (tertiary/aromatic N) is 3.